The van der Waals surface area contributed by atoms with Crippen molar-refractivity contribution in [1.29, 1.82) is 0 Å². The number of aromatic amines is 5. The van der Waals surface area contributed by atoms with Gasteiger partial charge in [-0.1, -0.05) is 45.7 Å². The molecule has 10 aromatic rings. The Balaban J connectivity index is 0.000000168. The van der Waals surface area contributed by atoms with Gasteiger partial charge >= 0.3 is 5.97 Å². The first-order chi connectivity index (χ1) is 34.5. The van der Waals surface area contributed by atoms with Gasteiger partial charge in [-0.15, -0.1) is 11.8 Å². The molecule has 0 aliphatic carbocycles. The molecule has 5 heterocycles. The van der Waals surface area contributed by atoms with Gasteiger partial charge < -0.3 is 30.0 Å². The van der Waals surface area contributed by atoms with Crippen molar-refractivity contribution >= 4 is 148 Å². The molecule has 0 amide bonds. The topological polar surface area (TPSA) is 236 Å². The summed E-state index contributed by atoms with van der Waals surface area (Å²) in [6, 6.07) is 36.7. The van der Waals surface area contributed by atoms with E-state index in [1.807, 2.05) is 92.9 Å². The third-order valence-corrected chi connectivity index (χ3v) is 14.4. The molecule has 1 unspecified atom stereocenters. The molecule has 10 rings (SSSR count). The molecule has 0 radical (unpaired) electrons. The fraction of sp³-hybridized carbons (Fsp3) is 0.167. The van der Waals surface area contributed by atoms with Gasteiger partial charge in [0.15, 0.2) is 33.0 Å². The van der Waals surface area contributed by atoms with E-state index in [9.17, 15) is 36.6 Å². The highest BCUT2D eigenvalue weighted by Crippen LogP contribution is 2.25. The highest BCUT2D eigenvalue weighted by molar-refractivity contribution is 9.10. The summed E-state index contributed by atoms with van der Waals surface area (Å²) < 4.78 is 35.9. The second kappa shape index (κ2) is 25.3. The summed E-state index contributed by atoms with van der Waals surface area (Å²) in [6.45, 7) is 10.1. The maximum absolute atomic E-state index is 11.3. The summed E-state index contributed by atoms with van der Waals surface area (Å²) in [5.41, 5.74) is 7.14. The summed E-state index contributed by atoms with van der Waals surface area (Å²) in [5.74, 6) is -0.867. The number of aromatic carboxylic acids is 1. The van der Waals surface area contributed by atoms with Crippen LogP contribution in [0.5, 0.6) is 0 Å². The van der Waals surface area contributed by atoms with E-state index in [1.165, 1.54) is 24.8 Å². The molecule has 5 aromatic carbocycles. The number of benzene rings is 5. The van der Waals surface area contributed by atoms with Crippen molar-refractivity contribution in [2.75, 3.05) is 18.8 Å². The second-order valence-corrected chi connectivity index (χ2v) is 22.2. The SMILES string of the molecule is CC.CC(=O)c1cc2cc(Br)ccc2[nH]1.CC(=O)c1cc2cc(S(C)(=O)=O)ccc2[nH]1.CC(=O)c1cc2cc(S(C)=O)ccc2[nH]1.CSc1ccc2[nH]c(C(C)=O)cc2c1.O=C(O)c1cc2cc(Br)ccc2[nH]1. The third kappa shape index (κ3) is 15.4. The van der Waals surface area contributed by atoms with Crippen LogP contribution in [0.1, 0.15) is 94.0 Å². The molecule has 0 aliphatic heterocycles. The average Bonchev–Trinajstić information content (AvgIpc) is 4.20. The fourth-order valence-corrected chi connectivity index (χ4v) is 9.36. The number of halogens is 2. The number of rotatable bonds is 8. The molecule has 0 aliphatic rings. The summed E-state index contributed by atoms with van der Waals surface area (Å²) in [4.78, 5) is 72.2. The van der Waals surface area contributed by atoms with Gasteiger partial charge in [0.1, 0.15) is 5.69 Å². The molecule has 0 saturated carbocycles. The number of sulfone groups is 1. The molecule has 1 atom stereocenters. The minimum atomic E-state index is -3.20. The van der Waals surface area contributed by atoms with Gasteiger partial charge in [0, 0.05) is 124 Å². The molecule has 5 aromatic heterocycles. The molecule has 0 saturated heterocycles. The standard InChI is InChI=1S/C11H11NO3S.C11H11NO2S.C11H11NOS.C10H8BrNO.C9H6BrNO2.C2H6/c1-7(13)11-6-8-5-9(16(2,14)15)3-4-10(8)12-11;1-7(13)11-6-8-5-9(15(2)14)3-4-10(8)12-11;1-7(13)11-6-8-5-9(14-2)3-4-10(8)12-11;1-6(13)10-5-7-4-8(11)2-3-9(7)12-10;10-6-1-2-7-5(3-6)4-8(11-7)9(12)13;1-2/h3-6,12H,1-2H3;3-6,12H,1-2H3;3-6,12H,1-2H3;2-5,12H,1H3;1-4,11H,(H,12,13);1-2H3. The Hall–Kier alpha value is -6.64. The Morgan fingerprint density at radius 1 is 0.493 bits per heavy atom. The van der Waals surface area contributed by atoms with Crippen LogP contribution in [0.3, 0.4) is 0 Å². The van der Waals surface area contributed by atoms with E-state index >= 15 is 0 Å². The number of carbonyl (C=O) groups excluding carboxylic acids is 4. The van der Waals surface area contributed by atoms with Crippen molar-refractivity contribution in [3.05, 3.63) is 159 Å². The van der Waals surface area contributed by atoms with Crippen molar-refractivity contribution < 1.29 is 41.7 Å². The number of Topliss-reactive ketones (excluding diaryl/α,β-unsaturated/α-hetero) is 4. The van der Waals surface area contributed by atoms with Crippen molar-refractivity contribution in [3.8, 4) is 0 Å². The number of ketones is 4. The molecule has 380 valence electrons. The van der Waals surface area contributed by atoms with Gasteiger partial charge in [-0.05, 0) is 128 Å². The van der Waals surface area contributed by atoms with Gasteiger partial charge in [-0.3, -0.25) is 23.4 Å². The Morgan fingerprint density at radius 2 is 0.822 bits per heavy atom. The lowest BCUT2D eigenvalue weighted by atomic mass is 10.2. The van der Waals surface area contributed by atoms with E-state index in [4.69, 9.17) is 5.11 Å². The number of nitrogens with one attached hydrogen (secondary N) is 5. The van der Waals surface area contributed by atoms with Gasteiger partial charge in [0.2, 0.25) is 0 Å². The number of aromatic nitrogens is 5. The Labute approximate surface area is 445 Å². The summed E-state index contributed by atoms with van der Waals surface area (Å²) in [6.07, 6.45) is 4.84. The molecule has 19 heteroatoms. The van der Waals surface area contributed by atoms with Crippen LogP contribution in [0, 0.1) is 0 Å². The molecule has 0 fully saturated rings. The van der Waals surface area contributed by atoms with Crippen molar-refractivity contribution in [2.45, 2.75) is 56.2 Å². The van der Waals surface area contributed by atoms with E-state index in [-0.39, 0.29) is 33.7 Å². The molecular weight excluding hydrogens is 1120 g/mol. The third-order valence-electron chi connectivity index (χ3n) is 10.7. The minimum Gasteiger partial charge on any atom is -0.477 e. The molecular formula is C54H53Br2N5O9S3. The average molecular weight is 1170 g/mol. The van der Waals surface area contributed by atoms with Crippen LogP contribution in [0.25, 0.3) is 54.5 Å². The highest BCUT2D eigenvalue weighted by Gasteiger charge is 2.12. The maximum atomic E-state index is 11.3. The van der Waals surface area contributed by atoms with Crippen molar-refractivity contribution in [2.24, 2.45) is 0 Å². The Morgan fingerprint density at radius 3 is 1.19 bits per heavy atom. The highest BCUT2D eigenvalue weighted by atomic mass is 79.9. The number of hydrogen-bond donors (Lipinski definition) is 6. The first-order valence-corrected chi connectivity index (χ1v) is 28.5. The zero-order chi connectivity index (χ0) is 53.9. The van der Waals surface area contributed by atoms with Crippen LogP contribution in [0.2, 0.25) is 0 Å². The Kier molecular flexibility index (Phi) is 19.9. The number of H-pyrrole nitrogens is 5. The number of fused-ring (bicyclic) bond motifs is 5. The number of carboxylic acids is 1. The van der Waals surface area contributed by atoms with Gasteiger partial charge in [-0.2, -0.15) is 0 Å². The van der Waals surface area contributed by atoms with E-state index in [0.29, 0.717) is 22.8 Å². The first kappa shape index (κ1) is 57.3. The number of carbonyl (C=O) groups is 5. The van der Waals surface area contributed by atoms with Crippen LogP contribution >= 0.6 is 43.6 Å². The summed E-state index contributed by atoms with van der Waals surface area (Å²) in [5, 5.41) is 13.4. The molecule has 6 N–H and O–H groups in total. The van der Waals surface area contributed by atoms with E-state index < -0.39 is 26.6 Å². The lowest BCUT2D eigenvalue weighted by Gasteiger charge is -1.97. The molecule has 14 nitrogen and oxygen atoms in total. The first-order valence-electron chi connectivity index (χ1n) is 22.3. The van der Waals surface area contributed by atoms with Crippen molar-refractivity contribution in [3.63, 3.8) is 0 Å². The maximum Gasteiger partial charge on any atom is 0.352 e. The van der Waals surface area contributed by atoms with E-state index in [0.717, 1.165) is 74.6 Å². The molecule has 0 bridgehead atoms. The predicted molar refractivity (Wildman–Crippen MR) is 302 cm³/mol. The van der Waals surface area contributed by atoms with Gasteiger partial charge in [0.25, 0.3) is 0 Å². The molecule has 0 spiro atoms. The lowest BCUT2D eigenvalue weighted by Crippen LogP contribution is -1.95. The number of thioether (sulfide) groups is 1. The summed E-state index contributed by atoms with van der Waals surface area (Å²) >= 11 is 8.40. The number of carboxylic acid groups (broad SMARTS) is 1. The molecule has 73 heavy (non-hydrogen) atoms. The summed E-state index contributed by atoms with van der Waals surface area (Å²) in [7, 11) is -4.19. The Bertz CT molecular complexity index is 3710. The quantitative estimate of drug-likeness (QED) is 0.0622. The van der Waals surface area contributed by atoms with Crippen LogP contribution in [-0.2, 0) is 20.6 Å². The minimum absolute atomic E-state index is 0.00497. The van der Waals surface area contributed by atoms with Crippen LogP contribution < -0.4 is 0 Å². The normalized spacial score (nSPS) is 11.2. The van der Waals surface area contributed by atoms with Gasteiger partial charge in [0.05, 0.1) is 27.7 Å². The zero-order valence-electron chi connectivity index (χ0n) is 41.2. The van der Waals surface area contributed by atoms with E-state index in [2.05, 4.69) is 62.8 Å². The van der Waals surface area contributed by atoms with Crippen molar-refractivity contribution in [1.82, 2.24) is 24.9 Å². The van der Waals surface area contributed by atoms with Crippen LogP contribution in [0.4, 0.5) is 0 Å². The predicted octanol–water partition coefficient (Wildman–Crippen LogP) is 13.8. The lowest BCUT2D eigenvalue weighted by molar-refractivity contribution is 0.0690. The smallest absolute Gasteiger partial charge is 0.352 e. The fourth-order valence-electron chi connectivity index (χ4n) is 6.95. The monoisotopic (exact) mass is 1170 g/mol. The zero-order valence-corrected chi connectivity index (χ0v) is 46.9. The van der Waals surface area contributed by atoms with Gasteiger partial charge in [-0.25, -0.2) is 13.2 Å². The van der Waals surface area contributed by atoms with Crippen LogP contribution in [-0.4, -0.2) is 90.5 Å². The number of hydrogen-bond acceptors (Lipinski definition) is 9. The van der Waals surface area contributed by atoms with Crippen LogP contribution in [0.15, 0.2) is 145 Å². The van der Waals surface area contributed by atoms with E-state index in [1.54, 1.807) is 68.3 Å². The second-order valence-electron chi connectivity index (χ2n) is 16.1. The largest absolute Gasteiger partial charge is 0.477 e.